The molecule has 0 heterocycles. The third-order valence-electron chi connectivity index (χ3n) is 3.98. The summed E-state index contributed by atoms with van der Waals surface area (Å²) in [5.74, 6) is -0.794. The summed E-state index contributed by atoms with van der Waals surface area (Å²) in [6.07, 6.45) is 12.6. The molecule has 0 aromatic heterocycles. The van der Waals surface area contributed by atoms with Crippen LogP contribution in [-0.2, 0) is 9.84 Å². The molecule has 0 fully saturated rings. The number of nitrogens with one attached hydrogen (secondary N) is 1. The first-order chi connectivity index (χ1) is 10.9. The first-order valence-electron chi connectivity index (χ1n) is 8.16. The first kappa shape index (κ1) is 17.7. The lowest BCUT2D eigenvalue weighted by Gasteiger charge is -2.18. The summed E-state index contributed by atoms with van der Waals surface area (Å²) in [7, 11) is -3.29. The molecule has 1 aromatic rings. The molecule has 0 saturated heterocycles. The number of carbonyl (C=O) groups is 1. The number of Topliss-reactive ketones (excluding diaryl/α,β-unsaturated/α-hetero) is 1. The maximum Gasteiger partial charge on any atom is 0.177 e. The van der Waals surface area contributed by atoms with Crippen LogP contribution in [0.1, 0.15) is 48.9 Å². The van der Waals surface area contributed by atoms with Crippen molar-refractivity contribution in [2.75, 3.05) is 17.3 Å². The van der Waals surface area contributed by atoms with Gasteiger partial charge in [0.25, 0.3) is 0 Å². The van der Waals surface area contributed by atoms with Crippen LogP contribution in [-0.4, -0.2) is 32.3 Å². The molecule has 1 unspecified atom stereocenters. The largest absolute Gasteiger partial charge is 0.382 e. The van der Waals surface area contributed by atoms with Crippen molar-refractivity contribution >= 4 is 21.3 Å². The number of hydrogen-bond acceptors (Lipinski definition) is 4. The van der Waals surface area contributed by atoms with Gasteiger partial charge in [0.15, 0.2) is 15.6 Å². The Hall–Kier alpha value is -1.62. The molecule has 0 radical (unpaired) electrons. The van der Waals surface area contributed by atoms with Crippen LogP contribution in [0, 0.1) is 0 Å². The van der Waals surface area contributed by atoms with Crippen LogP contribution in [0.2, 0.25) is 0 Å². The standard InChI is InChI=1S/C18H25NO3S/c1-23(21,22)14-18(20)15-10-12-17(13-11-15)19-16-8-6-4-2-3-5-7-9-16/h4,6,10-13,16,19H,2-3,5,7-9,14H2,1H3. The second kappa shape index (κ2) is 8.29. The number of rotatable bonds is 5. The molecule has 1 aliphatic rings. The molecule has 2 rings (SSSR count). The molecule has 4 nitrogen and oxygen atoms in total. The number of hydrogen-bond donors (Lipinski definition) is 1. The second-order valence-electron chi connectivity index (χ2n) is 6.26. The molecule has 23 heavy (non-hydrogen) atoms. The van der Waals surface area contributed by atoms with Crippen molar-refractivity contribution in [3.63, 3.8) is 0 Å². The van der Waals surface area contributed by atoms with Gasteiger partial charge in [-0.25, -0.2) is 8.42 Å². The highest BCUT2D eigenvalue weighted by atomic mass is 32.2. The molecule has 5 heteroatoms. The Morgan fingerprint density at radius 1 is 1.13 bits per heavy atom. The smallest absolute Gasteiger partial charge is 0.177 e. The molecular formula is C18H25NO3S. The number of anilines is 1. The van der Waals surface area contributed by atoms with Crippen molar-refractivity contribution in [1.29, 1.82) is 0 Å². The molecule has 1 atom stereocenters. The first-order valence-corrected chi connectivity index (χ1v) is 10.2. The zero-order valence-electron chi connectivity index (χ0n) is 13.6. The molecule has 0 spiro atoms. The molecule has 126 valence electrons. The van der Waals surface area contributed by atoms with Crippen LogP contribution < -0.4 is 5.32 Å². The quantitative estimate of drug-likeness (QED) is 0.659. The number of benzene rings is 1. The Morgan fingerprint density at radius 2 is 1.87 bits per heavy atom. The van der Waals surface area contributed by atoms with Crippen molar-refractivity contribution in [2.24, 2.45) is 0 Å². The van der Waals surface area contributed by atoms with Gasteiger partial charge in [-0.3, -0.25) is 4.79 Å². The van der Waals surface area contributed by atoms with Gasteiger partial charge in [0.1, 0.15) is 5.75 Å². The van der Waals surface area contributed by atoms with E-state index in [1.54, 1.807) is 12.1 Å². The van der Waals surface area contributed by atoms with Crippen LogP contribution in [0.15, 0.2) is 36.4 Å². The van der Waals surface area contributed by atoms with E-state index in [9.17, 15) is 13.2 Å². The lowest BCUT2D eigenvalue weighted by Crippen LogP contribution is -2.19. The number of allylic oxidation sites excluding steroid dienone is 1. The fourth-order valence-electron chi connectivity index (χ4n) is 2.77. The molecule has 0 aliphatic heterocycles. The van der Waals surface area contributed by atoms with Crippen LogP contribution >= 0.6 is 0 Å². The van der Waals surface area contributed by atoms with Gasteiger partial charge in [-0.05, 0) is 49.9 Å². The van der Waals surface area contributed by atoms with E-state index in [0.717, 1.165) is 24.8 Å². The fourth-order valence-corrected chi connectivity index (χ4v) is 3.41. The average molecular weight is 335 g/mol. The minimum atomic E-state index is -3.29. The fraction of sp³-hybridized carbons (Fsp3) is 0.500. The minimum absolute atomic E-state index is 0.357. The lowest BCUT2D eigenvalue weighted by molar-refractivity contribution is 0.102. The third-order valence-corrected chi connectivity index (χ3v) is 4.77. The molecule has 0 amide bonds. The number of carbonyl (C=O) groups excluding carboxylic acids is 1. The van der Waals surface area contributed by atoms with E-state index in [2.05, 4.69) is 17.5 Å². The molecule has 1 aromatic carbocycles. The average Bonchev–Trinajstić information content (AvgIpc) is 2.60. The topological polar surface area (TPSA) is 63.2 Å². The summed E-state index contributed by atoms with van der Waals surface area (Å²) < 4.78 is 22.4. The van der Waals surface area contributed by atoms with Crippen LogP contribution in [0.25, 0.3) is 0 Å². The van der Waals surface area contributed by atoms with Gasteiger partial charge in [0.05, 0.1) is 0 Å². The minimum Gasteiger partial charge on any atom is -0.382 e. The van der Waals surface area contributed by atoms with Crippen LogP contribution in [0.3, 0.4) is 0 Å². The summed E-state index contributed by atoms with van der Waals surface area (Å²) in [5.41, 5.74) is 1.41. The number of sulfone groups is 1. The van der Waals surface area contributed by atoms with E-state index < -0.39 is 15.6 Å². The lowest BCUT2D eigenvalue weighted by atomic mass is 10.1. The Bertz CT molecular complexity index is 647. The Labute approximate surface area is 138 Å². The van der Waals surface area contributed by atoms with Gasteiger partial charge in [0, 0.05) is 23.5 Å². The number of ketones is 1. The molecular weight excluding hydrogens is 310 g/mol. The highest BCUT2D eigenvalue weighted by Crippen LogP contribution is 2.18. The van der Waals surface area contributed by atoms with Crippen molar-refractivity contribution in [3.05, 3.63) is 42.0 Å². The highest BCUT2D eigenvalue weighted by Gasteiger charge is 2.13. The van der Waals surface area contributed by atoms with Crippen LogP contribution in [0.5, 0.6) is 0 Å². The molecule has 0 saturated carbocycles. The SMILES string of the molecule is CS(=O)(=O)CC(=O)c1ccc(NC2CC=CCCCCC2)cc1. The summed E-state index contributed by atoms with van der Waals surface area (Å²) in [6.45, 7) is 0. The molecule has 1 N–H and O–H groups in total. The summed E-state index contributed by atoms with van der Waals surface area (Å²) >= 11 is 0. The van der Waals surface area contributed by atoms with E-state index in [1.807, 2.05) is 12.1 Å². The van der Waals surface area contributed by atoms with Gasteiger partial charge < -0.3 is 5.32 Å². The monoisotopic (exact) mass is 335 g/mol. The van der Waals surface area contributed by atoms with Gasteiger partial charge in [-0.1, -0.05) is 25.0 Å². The van der Waals surface area contributed by atoms with E-state index >= 15 is 0 Å². The zero-order valence-corrected chi connectivity index (χ0v) is 14.4. The Kier molecular flexibility index (Phi) is 6.39. The summed E-state index contributed by atoms with van der Waals surface area (Å²) in [6, 6.07) is 7.50. The van der Waals surface area contributed by atoms with Gasteiger partial charge in [0.2, 0.25) is 0 Å². The van der Waals surface area contributed by atoms with Gasteiger partial charge in [-0.2, -0.15) is 0 Å². The second-order valence-corrected chi connectivity index (χ2v) is 8.40. The summed E-state index contributed by atoms with van der Waals surface area (Å²) in [4.78, 5) is 11.9. The van der Waals surface area contributed by atoms with E-state index in [1.165, 1.54) is 25.7 Å². The van der Waals surface area contributed by atoms with E-state index in [4.69, 9.17) is 0 Å². The maximum atomic E-state index is 11.9. The molecule has 0 bridgehead atoms. The Morgan fingerprint density at radius 3 is 2.57 bits per heavy atom. The van der Waals surface area contributed by atoms with E-state index in [0.29, 0.717) is 11.6 Å². The van der Waals surface area contributed by atoms with Crippen molar-refractivity contribution in [1.82, 2.24) is 0 Å². The Balaban J connectivity index is 1.97. The highest BCUT2D eigenvalue weighted by molar-refractivity contribution is 7.91. The van der Waals surface area contributed by atoms with Crippen LogP contribution in [0.4, 0.5) is 5.69 Å². The third kappa shape index (κ3) is 6.57. The predicted molar refractivity (Wildman–Crippen MR) is 94.7 cm³/mol. The van der Waals surface area contributed by atoms with Crippen molar-refractivity contribution < 1.29 is 13.2 Å². The maximum absolute atomic E-state index is 11.9. The van der Waals surface area contributed by atoms with Gasteiger partial charge >= 0.3 is 0 Å². The zero-order chi connectivity index (χ0) is 16.7. The van der Waals surface area contributed by atoms with Crippen molar-refractivity contribution in [3.8, 4) is 0 Å². The summed E-state index contributed by atoms with van der Waals surface area (Å²) in [5, 5.41) is 3.51. The van der Waals surface area contributed by atoms with E-state index in [-0.39, 0.29) is 5.78 Å². The molecule has 1 aliphatic carbocycles. The predicted octanol–water partition coefficient (Wildman–Crippen LogP) is 3.60. The normalized spacial score (nSPS) is 19.4. The van der Waals surface area contributed by atoms with Gasteiger partial charge in [-0.15, -0.1) is 0 Å². The van der Waals surface area contributed by atoms with Crippen molar-refractivity contribution in [2.45, 2.75) is 44.6 Å².